The summed E-state index contributed by atoms with van der Waals surface area (Å²) in [5.74, 6) is 1.24. The summed E-state index contributed by atoms with van der Waals surface area (Å²) >= 11 is 0. The molecule has 1 rings (SSSR count). The summed E-state index contributed by atoms with van der Waals surface area (Å²) in [6.45, 7) is 10.4. The summed E-state index contributed by atoms with van der Waals surface area (Å²) < 4.78 is 0. The first-order valence-electron chi connectivity index (χ1n) is 4.83. The maximum Gasteiger partial charge on any atom is 0.00723 e. The van der Waals surface area contributed by atoms with Gasteiger partial charge in [-0.1, -0.05) is 49.5 Å². The van der Waals surface area contributed by atoms with Crippen molar-refractivity contribution >= 4 is 12.4 Å². The van der Waals surface area contributed by atoms with Crippen molar-refractivity contribution in [2.45, 2.75) is 20.8 Å². The van der Waals surface area contributed by atoms with E-state index in [4.69, 9.17) is 0 Å². The molecule has 0 aromatic heterocycles. The van der Waals surface area contributed by atoms with Crippen LogP contribution in [-0.4, -0.2) is 0 Å². The van der Waals surface area contributed by atoms with Crippen molar-refractivity contribution in [1.82, 2.24) is 0 Å². The summed E-state index contributed by atoms with van der Waals surface area (Å²) in [7, 11) is 0. The van der Waals surface area contributed by atoms with Gasteiger partial charge in [0.15, 0.2) is 0 Å². The fourth-order valence-corrected chi connectivity index (χ4v) is 1.35. The molecule has 0 nitrogen and oxygen atoms in total. The smallest absolute Gasteiger partial charge is 0.00723 e. The molecule has 0 aliphatic heterocycles. The zero-order valence-corrected chi connectivity index (χ0v) is 9.97. The van der Waals surface area contributed by atoms with Gasteiger partial charge in [0.25, 0.3) is 0 Å². The number of hydrogen-bond donors (Lipinski definition) is 0. The second kappa shape index (κ2) is 5.87. The molecule has 0 fully saturated rings. The number of hydrogen-bond acceptors (Lipinski definition) is 0. The number of halogens is 1. The molecule has 2 atom stereocenters. The third-order valence-electron chi connectivity index (χ3n) is 2.63. The van der Waals surface area contributed by atoms with Gasteiger partial charge in [0, 0.05) is 5.92 Å². The molecule has 0 saturated heterocycles. The van der Waals surface area contributed by atoms with Crippen LogP contribution in [0.5, 0.6) is 0 Å². The molecule has 0 aromatic carbocycles. The molecule has 1 aliphatic carbocycles. The molecule has 1 aliphatic rings. The Hall–Kier alpha value is -0.750. The second-order valence-corrected chi connectivity index (χ2v) is 3.71. The topological polar surface area (TPSA) is 0 Å². The lowest BCUT2D eigenvalue weighted by atomic mass is 9.79. The lowest BCUT2D eigenvalue weighted by molar-refractivity contribution is 0.535. The Morgan fingerprint density at radius 3 is 2.29 bits per heavy atom. The van der Waals surface area contributed by atoms with Crippen LogP contribution in [0.2, 0.25) is 0 Å². The first-order chi connectivity index (χ1) is 6.15. The molecule has 14 heavy (non-hydrogen) atoms. The van der Waals surface area contributed by atoms with E-state index in [9.17, 15) is 0 Å². The highest BCUT2D eigenvalue weighted by atomic mass is 35.5. The fourth-order valence-electron chi connectivity index (χ4n) is 1.35. The lowest BCUT2D eigenvalue weighted by Crippen LogP contribution is -2.16. The van der Waals surface area contributed by atoms with E-state index in [2.05, 4.69) is 50.8 Å². The predicted octanol–water partition coefficient (Wildman–Crippen LogP) is 4.31. The zero-order chi connectivity index (χ0) is 9.84. The van der Waals surface area contributed by atoms with Gasteiger partial charge >= 0.3 is 0 Å². The SMILES string of the molecule is C=C(/C=C\C(C)=C/C)C1C=CC1C.Cl. The summed E-state index contributed by atoms with van der Waals surface area (Å²) in [5, 5.41) is 0. The van der Waals surface area contributed by atoms with E-state index in [1.165, 1.54) is 11.1 Å². The van der Waals surface area contributed by atoms with Crippen LogP contribution < -0.4 is 0 Å². The molecule has 2 unspecified atom stereocenters. The monoisotopic (exact) mass is 210 g/mol. The van der Waals surface area contributed by atoms with Crippen molar-refractivity contribution in [3.8, 4) is 0 Å². The highest BCUT2D eigenvalue weighted by molar-refractivity contribution is 5.85. The minimum atomic E-state index is 0. The summed E-state index contributed by atoms with van der Waals surface area (Å²) in [5.41, 5.74) is 2.51. The Morgan fingerprint density at radius 2 is 1.93 bits per heavy atom. The van der Waals surface area contributed by atoms with E-state index in [1.54, 1.807) is 0 Å². The summed E-state index contributed by atoms with van der Waals surface area (Å²) in [6.07, 6.45) is 10.8. The number of rotatable bonds is 3. The van der Waals surface area contributed by atoms with Gasteiger partial charge in [-0.25, -0.2) is 0 Å². The summed E-state index contributed by atoms with van der Waals surface area (Å²) in [4.78, 5) is 0. The largest absolute Gasteiger partial charge is 0.147 e. The van der Waals surface area contributed by atoms with E-state index >= 15 is 0 Å². The minimum Gasteiger partial charge on any atom is -0.147 e. The predicted molar refractivity (Wildman–Crippen MR) is 66.8 cm³/mol. The molecule has 0 aromatic rings. The molecule has 0 spiro atoms. The van der Waals surface area contributed by atoms with Crippen molar-refractivity contribution in [1.29, 1.82) is 0 Å². The standard InChI is InChI=1S/C13H18.ClH/c1-5-10(2)6-7-11(3)13-9-8-12(13)4;/h5-9,12-13H,3H2,1-2,4H3;1H/b7-6-,10-5-;. The van der Waals surface area contributed by atoms with Crippen molar-refractivity contribution in [3.63, 3.8) is 0 Å². The van der Waals surface area contributed by atoms with Gasteiger partial charge in [0.2, 0.25) is 0 Å². The van der Waals surface area contributed by atoms with E-state index in [0.29, 0.717) is 11.8 Å². The summed E-state index contributed by atoms with van der Waals surface area (Å²) in [6, 6.07) is 0. The Kier molecular flexibility index (Phi) is 5.56. The highest BCUT2D eigenvalue weighted by Crippen LogP contribution is 2.31. The Balaban J connectivity index is 0.00000169. The quantitative estimate of drug-likeness (QED) is 0.481. The first kappa shape index (κ1) is 13.2. The van der Waals surface area contributed by atoms with Gasteiger partial charge in [-0.2, -0.15) is 0 Å². The molecular formula is C13H19Cl. The minimum absolute atomic E-state index is 0. The molecule has 0 radical (unpaired) electrons. The van der Waals surface area contributed by atoms with Gasteiger partial charge in [-0.3, -0.25) is 0 Å². The first-order valence-corrected chi connectivity index (χ1v) is 4.83. The van der Waals surface area contributed by atoms with E-state index in [-0.39, 0.29) is 12.4 Å². The average Bonchev–Trinajstić information content (AvgIpc) is 2.11. The van der Waals surface area contributed by atoms with Crippen LogP contribution in [0.15, 0.2) is 48.1 Å². The zero-order valence-electron chi connectivity index (χ0n) is 9.16. The average molecular weight is 211 g/mol. The molecule has 1 heteroatoms. The van der Waals surface area contributed by atoms with Gasteiger partial charge in [0.1, 0.15) is 0 Å². The van der Waals surface area contributed by atoms with E-state index in [0.717, 1.165) is 0 Å². The Labute approximate surface area is 93.5 Å². The van der Waals surface area contributed by atoms with Gasteiger partial charge < -0.3 is 0 Å². The Bertz CT molecular complexity index is 282. The van der Waals surface area contributed by atoms with Crippen LogP contribution in [0.3, 0.4) is 0 Å². The third kappa shape index (κ3) is 3.19. The molecule has 0 N–H and O–H groups in total. The molecule has 0 saturated carbocycles. The molecule has 0 amide bonds. The van der Waals surface area contributed by atoms with Crippen LogP contribution in [0.4, 0.5) is 0 Å². The van der Waals surface area contributed by atoms with Crippen LogP contribution in [-0.2, 0) is 0 Å². The van der Waals surface area contributed by atoms with Gasteiger partial charge in [-0.15, -0.1) is 12.4 Å². The maximum atomic E-state index is 4.07. The van der Waals surface area contributed by atoms with E-state index < -0.39 is 0 Å². The van der Waals surface area contributed by atoms with Gasteiger partial charge in [-0.05, 0) is 25.3 Å². The molecule has 78 valence electrons. The Morgan fingerprint density at radius 1 is 1.29 bits per heavy atom. The van der Waals surface area contributed by atoms with Gasteiger partial charge in [0.05, 0.1) is 0 Å². The van der Waals surface area contributed by atoms with E-state index in [1.807, 2.05) is 6.92 Å². The number of allylic oxidation sites excluding steroid dienone is 7. The second-order valence-electron chi connectivity index (χ2n) is 3.71. The van der Waals surface area contributed by atoms with Crippen molar-refractivity contribution in [2.75, 3.05) is 0 Å². The normalized spacial score (nSPS) is 25.8. The van der Waals surface area contributed by atoms with Crippen LogP contribution in [0, 0.1) is 11.8 Å². The third-order valence-corrected chi connectivity index (χ3v) is 2.63. The van der Waals surface area contributed by atoms with Crippen molar-refractivity contribution < 1.29 is 0 Å². The fraction of sp³-hybridized carbons (Fsp3) is 0.385. The molecular weight excluding hydrogens is 192 g/mol. The van der Waals surface area contributed by atoms with Crippen LogP contribution in [0.25, 0.3) is 0 Å². The van der Waals surface area contributed by atoms with Crippen LogP contribution in [0.1, 0.15) is 20.8 Å². The lowest BCUT2D eigenvalue weighted by Gasteiger charge is -2.26. The molecule has 0 bridgehead atoms. The van der Waals surface area contributed by atoms with Crippen LogP contribution >= 0.6 is 12.4 Å². The maximum absolute atomic E-state index is 4.07. The van der Waals surface area contributed by atoms with Crippen molar-refractivity contribution in [2.24, 2.45) is 11.8 Å². The molecule has 0 heterocycles. The highest BCUT2D eigenvalue weighted by Gasteiger charge is 2.20. The van der Waals surface area contributed by atoms with Crippen molar-refractivity contribution in [3.05, 3.63) is 48.1 Å².